The van der Waals surface area contributed by atoms with Crippen LogP contribution in [-0.4, -0.2) is 27.8 Å². The van der Waals surface area contributed by atoms with E-state index >= 15 is 0 Å². The fraction of sp³-hybridized carbons (Fsp3) is 0.667. The number of rotatable bonds is 6. The van der Waals surface area contributed by atoms with Gasteiger partial charge in [-0.3, -0.25) is 4.79 Å². The zero-order valence-electron chi connectivity index (χ0n) is 8.86. The van der Waals surface area contributed by atoms with Crippen molar-refractivity contribution >= 4 is 22.4 Å². The second-order valence-corrected chi connectivity index (χ2v) is 4.22. The van der Waals surface area contributed by atoms with Gasteiger partial charge in [0.2, 0.25) is 5.13 Å². The monoisotopic (exact) mass is 229 g/mol. The minimum Gasteiger partial charge on any atom is -0.481 e. The minimum atomic E-state index is -0.760. The summed E-state index contributed by atoms with van der Waals surface area (Å²) >= 11 is 1.37. The first-order chi connectivity index (χ1) is 7.14. The summed E-state index contributed by atoms with van der Waals surface area (Å²) in [5, 5.41) is 20.4. The Balaban J connectivity index is 2.63. The number of carboxylic acid groups (broad SMARTS) is 1. The Labute approximate surface area is 92.5 Å². The summed E-state index contributed by atoms with van der Waals surface area (Å²) in [7, 11) is 0. The highest BCUT2D eigenvalue weighted by molar-refractivity contribution is 7.13. The Morgan fingerprint density at radius 1 is 1.60 bits per heavy atom. The summed E-state index contributed by atoms with van der Waals surface area (Å²) in [6.07, 6.45) is 1.20. The van der Waals surface area contributed by atoms with Gasteiger partial charge in [-0.25, -0.2) is 0 Å². The molecule has 0 unspecified atom stereocenters. The molecule has 15 heavy (non-hydrogen) atoms. The van der Waals surface area contributed by atoms with Crippen molar-refractivity contribution in [1.82, 2.24) is 10.2 Å². The number of aromatic nitrogens is 2. The lowest BCUT2D eigenvalue weighted by Gasteiger charge is -2.26. The first-order valence-corrected chi connectivity index (χ1v) is 5.76. The van der Waals surface area contributed by atoms with Crippen LogP contribution in [0.1, 0.15) is 26.7 Å². The third-order valence-electron chi connectivity index (χ3n) is 2.75. The van der Waals surface area contributed by atoms with Crippen molar-refractivity contribution in [2.75, 3.05) is 11.9 Å². The van der Waals surface area contributed by atoms with Crippen LogP contribution >= 0.6 is 11.3 Å². The quantitative estimate of drug-likeness (QED) is 0.778. The van der Waals surface area contributed by atoms with Crippen molar-refractivity contribution in [3.63, 3.8) is 0 Å². The highest BCUT2D eigenvalue weighted by Crippen LogP contribution is 2.27. The van der Waals surface area contributed by atoms with E-state index in [2.05, 4.69) is 15.5 Å². The first-order valence-electron chi connectivity index (χ1n) is 4.88. The van der Waals surface area contributed by atoms with Crippen LogP contribution in [0.25, 0.3) is 0 Å². The molecule has 0 radical (unpaired) electrons. The van der Waals surface area contributed by atoms with E-state index in [1.165, 1.54) is 11.3 Å². The third-order valence-corrected chi connectivity index (χ3v) is 3.39. The standard InChI is InChI=1S/C9H15N3O2S/c1-3-9(4-2,7(13)14)5-10-8-12-11-6-15-8/h6H,3-5H2,1-2H3,(H,10,12)(H,13,14). The molecule has 0 aliphatic rings. The summed E-state index contributed by atoms with van der Waals surface area (Å²) in [4.78, 5) is 11.2. The summed E-state index contributed by atoms with van der Waals surface area (Å²) in [6, 6.07) is 0. The van der Waals surface area contributed by atoms with E-state index in [9.17, 15) is 9.90 Å². The lowest BCUT2D eigenvalue weighted by Crippen LogP contribution is -2.36. The van der Waals surface area contributed by atoms with Gasteiger partial charge in [0.1, 0.15) is 5.51 Å². The molecule has 2 N–H and O–H groups in total. The molecule has 1 aromatic heterocycles. The van der Waals surface area contributed by atoms with Gasteiger partial charge in [0.15, 0.2) is 0 Å². The first kappa shape index (κ1) is 11.9. The molecule has 0 saturated heterocycles. The molecule has 1 aromatic rings. The number of hydrogen-bond acceptors (Lipinski definition) is 5. The van der Waals surface area contributed by atoms with Crippen molar-refractivity contribution in [3.8, 4) is 0 Å². The van der Waals surface area contributed by atoms with E-state index in [4.69, 9.17) is 0 Å². The van der Waals surface area contributed by atoms with Gasteiger partial charge in [-0.1, -0.05) is 25.2 Å². The Hall–Kier alpha value is -1.17. The van der Waals surface area contributed by atoms with Crippen LogP contribution in [0.4, 0.5) is 5.13 Å². The van der Waals surface area contributed by atoms with Crippen LogP contribution in [0.15, 0.2) is 5.51 Å². The van der Waals surface area contributed by atoms with E-state index in [0.29, 0.717) is 24.5 Å². The summed E-state index contributed by atoms with van der Waals surface area (Å²) in [5.41, 5.74) is 0.911. The van der Waals surface area contributed by atoms with Gasteiger partial charge in [-0.15, -0.1) is 10.2 Å². The molecule has 0 aliphatic heterocycles. The van der Waals surface area contributed by atoms with Gasteiger partial charge in [-0.05, 0) is 12.8 Å². The molecule has 0 bridgehead atoms. The van der Waals surface area contributed by atoms with Gasteiger partial charge in [0, 0.05) is 6.54 Å². The van der Waals surface area contributed by atoms with E-state index in [1.54, 1.807) is 5.51 Å². The SMILES string of the molecule is CCC(CC)(CNc1nncs1)C(=O)O. The number of carboxylic acids is 1. The fourth-order valence-corrected chi connectivity index (χ4v) is 1.82. The van der Waals surface area contributed by atoms with Crippen LogP contribution in [0.2, 0.25) is 0 Å². The molecule has 5 nitrogen and oxygen atoms in total. The lowest BCUT2D eigenvalue weighted by atomic mass is 9.82. The Morgan fingerprint density at radius 3 is 2.67 bits per heavy atom. The summed E-state index contributed by atoms with van der Waals surface area (Å²) in [6.45, 7) is 4.17. The van der Waals surface area contributed by atoms with Crippen LogP contribution < -0.4 is 5.32 Å². The van der Waals surface area contributed by atoms with Gasteiger partial charge >= 0.3 is 5.97 Å². The topological polar surface area (TPSA) is 75.1 Å². The van der Waals surface area contributed by atoms with E-state index in [1.807, 2.05) is 13.8 Å². The maximum Gasteiger partial charge on any atom is 0.311 e. The zero-order valence-corrected chi connectivity index (χ0v) is 9.67. The predicted octanol–water partition coefficient (Wildman–Crippen LogP) is 1.84. The molecule has 0 atom stereocenters. The van der Waals surface area contributed by atoms with Crippen LogP contribution in [-0.2, 0) is 4.79 Å². The fourth-order valence-electron chi connectivity index (χ4n) is 1.37. The number of anilines is 1. The molecule has 0 amide bonds. The average molecular weight is 229 g/mol. The molecule has 84 valence electrons. The molecule has 0 aromatic carbocycles. The van der Waals surface area contributed by atoms with Crippen molar-refractivity contribution in [2.24, 2.45) is 5.41 Å². The molecule has 1 heterocycles. The maximum atomic E-state index is 11.2. The van der Waals surface area contributed by atoms with Crippen molar-refractivity contribution in [1.29, 1.82) is 0 Å². The molecule has 0 saturated carbocycles. The molecule has 0 fully saturated rings. The summed E-state index contributed by atoms with van der Waals surface area (Å²) in [5.74, 6) is -0.760. The second kappa shape index (κ2) is 5.06. The predicted molar refractivity (Wildman–Crippen MR) is 59.0 cm³/mol. The number of carbonyl (C=O) groups is 1. The number of aliphatic carboxylic acids is 1. The molecular weight excluding hydrogens is 214 g/mol. The number of nitrogens with zero attached hydrogens (tertiary/aromatic N) is 2. The van der Waals surface area contributed by atoms with Crippen molar-refractivity contribution < 1.29 is 9.90 Å². The minimum absolute atomic E-state index is 0.393. The highest BCUT2D eigenvalue weighted by atomic mass is 32.1. The van der Waals surface area contributed by atoms with Gasteiger partial charge in [0.05, 0.1) is 5.41 Å². The molecule has 6 heteroatoms. The van der Waals surface area contributed by atoms with E-state index in [0.717, 1.165) is 0 Å². The van der Waals surface area contributed by atoms with E-state index < -0.39 is 11.4 Å². The molecular formula is C9H15N3O2S. The van der Waals surface area contributed by atoms with Gasteiger partial charge < -0.3 is 10.4 Å². The third kappa shape index (κ3) is 2.65. The Bertz CT molecular complexity index is 309. The summed E-state index contributed by atoms with van der Waals surface area (Å²) < 4.78 is 0. The van der Waals surface area contributed by atoms with Gasteiger partial charge in [0.25, 0.3) is 0 Å². The van der Waals surface area contributed by atoms with Crippen molar-refractivity contribution in [2.45, 2.75) is 26.7 Å². The van der Waals surface area contributed by atoms with Crippen LogP contribution in [0, 0.1) is 5.41 Å². The molecule has 0 aliphatic carbocycles. The largest absolute Gasteiger partial charge is 0.481 e. The molecule has 0 spiro atoms. The number of hydrogen-bond donors (Lipinski definition) is 2. The van der Waals surface area contributed by atoms with Crippen LogP contribution in [0.3, 0.4) is 0 Å². The smallest absolute Gasteiger partial charge is 0.311 e. The number of nitrogens with one attached hydrogen (secondary N) is 1. The Kier molecular flexibility index (Phi) is 4.02. The maximum absolute atomic E-state index is 11.2. The average Bonchev–Trinajstić information content (AvgIpc) is 2.72. The Morgan fingerprint density at radius 2 is 2.27 bits per heavy atom. The van der Waals surface area contributed by atoms with Crippen LogP contribution in [0.5, 0.6) is 0 Å². The van der Waals surface area contributed by atoms with Crippen molar-refractivity contribution in [3.05, 3.63) is 5.51 Å². The highest BCUT2D eigenvalue weighted by Gasteiger charge is 2.34. The van der Waals surface area contributed by atoms with E-state index in [-0.39, 0.29) is 0 Å². The normalized spacial score (nSPS) is 11.3. The molecule has 1 rings (SSSR count). The van der Waals surface area contributed by atoms with Gasteiger partial charge in [-0.2, -0.15) is 0 Å². The lowest BCUT2D eigenvalue weighted by molar-refractivity contribution is -0.148. The second-order valence-electron chi connectivity index (χ2n) is 3.39. The zero-order chi connectivity index (χ0) is 11.3.